The lowest BCUT2D eigenvalue weighted by Crippen LogP contribution is -2.12. The summed E-state index contributed by atoms with van der Waals surface area (Å²) < 4.78 is 37.8. The molecule has 0 atom stereocenters. The van der Waals surface area contributed by atoms with Gasteiger partial charge in [-0.15, -0.1) is 0 Å². The van der Waals surface area contributed by atoms with Gasteiger partial charge in [0.15, 0.2) is 0 Å². The summed E-state index contributed by atoms with van der Waals surface area (Å²) >= 11 is 0. The average Bonchev–Trinajstić information content (AvgIpc) is 2.90. The van der Waals surface area contributed by atoms with Gasteiger partial charge in [0.1, 0.15) is 17.6 Å². The van der Waals surface area contributed by atoms with Gasteiger partial charge in [0, 0.05) is 6.54 Å². The topological polar surface area (TPSA) is 68.1 Å². The Morgan fingerprint density at radius 3 is 2.62 bits per heavy atom. The van der Waals surface area contributed by atoms with E-state index in [4.69, 9.17) is 0 Å². The van der Waals surface area contributed by atoms with E-state index in [1.807, 2.05) is 0 Å². The zero-order valence-corrected chi connectivity index (χ0v) is 11.3. The Hall–Kier alpha value is -1.86. The van der Waals surface area contributed by atoms with Gasteiger partial charge in [-0.3, -0.25) is 10.1 Å². The normalized spacial score (nSPS) is 16.1. The second-order valence-electron chi connectivity index (χ2n) is 5.21. The monoisotopic (exact) mass is 303 g/mol. The third-order valence-corrected chi connectivity index (χ3v) is 3.71. The summed E-state index contributed by atoms with van der Waals surface area (Å²) in [6.07, 6.45) is 1.44. The molecule has 1 fully saturated rings. The Morgan fingerprint density at radius 1 is 1.38 bits per heavy atom. The van der Waals surface area contributed by atoms with Crippen LogP contribution >= 0.6 is 0 Å². The van der Waals surface area contributed by atoms with Gasteiger partial charge in [-0.1, -0.05) is 25.7 Å². The van der Waals surface area contributed by atoms with E-state index < -0.39 is 22.5 Å². The molecule has 0 unspecified atom stereocenters. The van der Waals surface area contributed by atoms with E-state index in [0.29, 0.717) is 24.7 Å². The molecule has 0 saturated heterocycles. The van der Waals surface area contributed by atoms with Gasteiger partial charge in [-0.25, -0.2) is 4.98 Å². The van der Waals surface area contributed by atoms with Crippen LogP contribution < -0.4 is 5.32 Å². The molecule has 1 saturated carbocycles. The quantitative estimate of drug-likeness (QED) is 0.659. The largest absolute Gasteiger partial charge is 0.433 e. The number of nitrogens with zero attached hydrogens (tertiary/aromatic N) is 2. The predicted octanol–water partition coefficient (Wildman–Crippen LogP) is 4.00. The Labute approximate surface area is 119 Å². The van der Waals surface area contributed by atoms with E-state index >= 15 is 0 Å². The number of hydrogen-bond acceptors (Lipinski definition) is 4. The van der Waals surface area contributed by atoms with Crippen LogP contribution in [0.1, 0.15) is 37.8 Å². The first-order valence-corrected chi connectivity index (χ1v) is 6.83. The lowest BCUT2D eigenvalue weighted by atomic mass is 10.0. The summed E-state index contributed by atoms with van der Waals surface area (Å²) in [7, 11) is 0. The molecule has 0 aliphatic heterocycles. The van der Waals surface area contributed by atoms with Crippen molar-refractivity contribution in [3.63, 3.8) is 0 Å². The number of alkyl halides is 3. The number of halogens is 3. The molecular formula is C13H16F3N3O2. The fourth-order valence-corrected chi connectivity index (χ4v) is 2.60. The lowest BCUT2D eigenvalue weighted by molar-refractivity contribution is -0.384. The molecular weight excluding hydrogens is 287 g/mol. The van der Waals surface area contributed by atoms with E-state index in [1.54, 1.807) is 0 Å². The molecule has 1 N–H and O–H groups in total. The zero-order valence-electron chi connectivity index (χ0n) is 11.3. The first-order chi connectivity index (χ1) is 9.88. The molecule has 1 aromatic heterocycles. The molecule has 0 bridgehead atoms. The summed E-state index contributed by atoms with van der Waals surface area (Å²) in [5.74, 6) is 0.556. The second kappa shape index (κ2) is 6.28. The molecule has 0 amide bonds. The average molecular weight is 303 g/mol. The third kappa shape index (κ3) is 4.05. The number of nitro groups is 1. The number of aromatic nitrogens is 1. The minimum absolute atomic E-state index is 0.125. The number of pyridine rings is 1. The smallest absolute Gasteiger partial charge is 0.379 e. The number of anilines is 1. The fourth-order valence-electron chi connectivity index (χ4n) is 2.60. The minimum atomic E-state index is -4.61. The zero-order chi connectivity index (χ0) is 15.5. The third-order valence-electron chi connectivity index (χ3n) is 3.71. The SMILES string of the molecule is O=[N+]([O-])c1cnc(C(F)(F)F)cc1NCCC1CCCC1. The van der Waals surface area contributed by atoms with Crippen LogP contribution in [0, 0.1) is 16.0 Å². The molecule has 0 aromatic carbocycles. The fraction of sp³-hybridized carbons (Fsp3) is 0.615. The van der Waals surface area contributed by atoms with Crippen molar-refractivity contribution in [1.29, 1.82) is 0 Å². The highest BCUT2D eigenvalue weighted by molar-refractivity contribution is 5.61. The van der Waals surface area contributed by atoms with E-state index in [0.717, 1.165) is 19.3 Å². The van der Waals surface area contributed by atoms with Crippen molar-refractivity contribution in [3.8, 4) is 0 Å². The van der Waals surface area contributed by atoms with Crippen LogP contribution in [-0.4, -0.2) is 16.5 Å². The molecule has 2 rings (SSSR count). The van der Waals surface area contributed by atoms with Crippen LogP contribution in [0.2, 0.25) is 0 Å². The van der Waals surface area contributed by atoms with Gasteiger partial charge < -0.3 is 5.32 Å². The van der Waals surface area contributed by atoms with Crippen LogP contribution in [0.4, 0.5) is 24.5 Å². The Morgan fingerprint density at radius 2 is 2.05 bits per heavy atom. The molecule has 1 aliphatic carbocycles. The summed E-state index contributed by atoms with van der Waals surface area (Å²) in [5, 5.41) is 13.6. The highest BCUT2D eigenvalue weighted by Crippen LogP contribution is 2.33. The van der Waals surface area contributed by atoms with E-state index in [-0.39, 0.29) is 5.69 Å². The highest BCUT2D eigenvalue weighted by atomic mass is 19.4. The predicted molar refractivity (Wildman–Crippen MR) is 71.0 cm³/mol. The molecule has 21 heavy (non-hydrogen) atoms. The lowest BCUT2D eigenvalue weighted by Gasteiger charge is -2.12. The Bertz CT molecular complexity index is 514. The van der Waals surface area contributed by atoms with Gasteiger partial charge in [-0.05, 0) is 18.4 Å². The molecule has 5 nitrogen and oxygen atoms in total. The van der Waals surface area contributed by atoms with Gasteiger partial charge >= 0.3 is 11.9 Å². The first kappa shape index (κ1) is 15.5. The van der Waals surface area contributed by atoms with Crippen LogP contribution in [0.15, 0.2) is 12.3 Å². The summed E-state index contributed by atoms with van der Waals surface area (Å²) in [6.45, 7) is 0.423. The molecule has 1 aliphatic rings. The second-order valence-corrected chi connectivity index (χ2v) is 5.21. The molecule has 1 heterocycles. The van der Waals surface area contributed by atoms with Crippen molar-refractivity contribution in [2.24, 2.45) is 5.92 Å². The van der Waals surface area contributed by atoms with E-state index in [2.05, 4.69) is 10.3 Å². The van der Waals surface area contributed by atoms with Crippen molar-refractivity contribution >= 4 is 11.4 Å². The number of rotatable bonds is 5. The van der Waals surface area contributed by atoms with Crippen molar-refractivity contribution in [2.45, 2.75) is 38.3 Å². The summed E-state index contributed by atoms with van der Waals surface area (Å²) in [5.41, 5.74) is -1.69. The number of hydrogen-bond donors (Lipinski definition) is 1. The maximum Gasteiger partial charge on any atom is 0.433 e. The maximum atomic E-state index is 12.6. The van der Waals surface area contributed by atoms with Crippen molar-refractivity contribution in [1.82, 2.24) is 4.98 Å². The Kier molecular flexibility index (Phi) is 4.64. The molecule has 8 heteroatoms. The van der Waals surface area contributed by atoms with Crippen LogP contribution in [0.25, 0.3) is 0 Å². The van der Waals surface area contributed by atoms with Gasteiger partial charge in [0.05, 0.1) is 4.92 Å². The van der Waals surface area contributed by atoms with Crippen molar-refractivity contribution < 1.29 is 18.1 Å². The van der Waals surface area contributed by atoms with E-state index in [1.165, 1.54) is 12.8 Å². The van der Waals surface area contributed by atoms with Crippen LogP contribution in [-0.2, 0) is 6.18 Å². The highest BCUT2D eigenvalue weighted by Gasteiger charge is 2.34. The molecule has 0 spiro atoms. The first-order valence-electron chi connectivity index (χ1n) is 6.83. The molecule has 116 valence electrons. The van der Waals surface area contributed by atoms with Gasteiger partial charge in [-0.2, -0.15) is 13.2 Å². The molecule has 0 radical (unpaired) electrons. The molecule has 1 aromatic rings. The van der Waals surface area contributed by atoms with E-state index in [9.17, 15) is 23.3 Å². The minimum Gasteiger partial charge on any atom is -0.379 e. The maximum absolute atomic E-state index is 12.6. The van der Waals surface area contributed by atoms with Crippen molar-refractivity contribution in [3.05, 3.63) is 28.1 Å². The summed E-state index contributed by atoms with van der Waals surface area (Å²) in [4.78, 5) is 13.2. The van der Waals surface area contributed by atoms with Crippen LogP contribution in [0.3, 0.4) is 0 Å². The van der Waals surface area contributed by atoms with Crippen molar-refractivity contribution in [2.75, 3.05) is 11.9 Å². The van der Waals surface area contributed by atoms with Gasteiger partial charge in [0.25, 0.3) is 0 Å². The summed E-state index contributed by atoms with van der Waals surface area (Å²) in [6, 6.07) is 0.701. The Balaban J connectivity index is 2.08. The number of nitrogens with one attached hydrogen (secondary N) is 1. The standard InChI is InChI=1S/C13H16F3N3O2/c14-13(15,16)12-7-10(11(8-18-12)19(20)21)17-6-5-9-3-1-2-4-9/h7-9H,1-6H2,(H,17,18). The van der Waals surface area contributed by atoms with Crippen LogP contribution in [0.5, 0.6) is 0 Å². The van der Waals surface area contributed by atoms with Gasteiger partial charge in [0.2, 0.25) is 0 Å².